The van der Waals surface area contributed by atoms with Gasteiger partial charge in [-0.25, -0.2) is 9.97 Å². The quantitative estimate of drug-likeness (QED) is 0.783. The largest absolute Gasteiger partial charge is 0.368 e. The Hall–Kier alpha value is -2.51. The number of nitrogens with zero attached hydrogens (tertiary/aromatic N) is 4. The van der Waals surface area contributed by atoms with Crippen molar-refractivity contribution < 1.29 is 4.74 Å². The second kappa shape index (κ2) is 6.42. The van der Waals surface area contributed by atoms with Gasteiger partial charge >= 0.3 is 0 Å². The smallest absolute Gasteiger partial charge is 0.251 e. The zero-order valence-electron chi connectivity index (χ0n) is 14.4. The van der Waals surface area contributed by atoms with Gasteiger partial charge in [0.2, 0.25) is 0 Å². The molecule has 7 heteroatoms. The van der Waals surface area contributed by atoms with Crippen molar-refractivity contribution in [3.05, 3.63) is 58.0 Å². The molecule has 130 valence electrons. The maximum atomic E-state index is 11.7. The zero-order valence-corrected chi connectivity index (χ0v) is 14.4. The average molecular weight is 339 g/mol. The van der Waals surface area contributed by atoms with Crippen LogP contribution in [0.1, 0.15) is 23.4 Å². The van der Waals surface area contributed by atoms with Crippen LogP contribution in [0.4, 0.5) is 0 Å². The van der Waals surface area contributed by atoms with Crippen molar-refractivity contribution in [1.82, 2.24) is 24.4 Å². The van der Waals surface area contributed by atoms with E-state index in [4.69, 9.17) is 9.72 Å². The molecule has 1 atom stereocenters. The van der Waals surface area contributed by atoms with Gasteiger partial charge in [0.15, 0.2) is 0 Å². The summed E-state index contributed by atoms with van der Waals surface area (Å²) in [5.41, 5.74) is 2.70. The van der Waals surface area contributed by atoms with E-state index < -0.39 is 0 Å². The second-order valence-corrected chi connectivity index (χ2v) is 6.44. The van der Waals surface area contributed by atoms with E-state index in [1.807, 2.05) is 32.2 Å². The Morgan fingerprint density at radius 1 is 1.32 bits per heavy atom. The summed E-state index contributed by atoms with van der Waals surface area (Å²) >= 11 is 0. The van der Waals surface area contributed by atoms with Gasteiger partial charge in [-0.1, -0.05) is 12.1 Å². The number of aromatic nitrogens is 4. The lowest BCUT2D eigenvalue weighted by atomic mass is 10.2. The minimum absolute atomic E-state index is 0.140. The minimum atomic E-state index is -0.226. The van der Waals surface area contributed by atoms with E-state index in [0.29, 0.717) is 24.7 Å². The van der Waals surface area contributed by atoms with E-state index >= 15 is 0 Å². The van der Waals surface area contributed by atoms with Crippen molar-refractivity contribution in [3.63, 3.8) is 0 Å². The number of benzene rings is 1. The lowest BCUT2D eigenvalue weighted by Crippen LogP contribution is -2.39. The number of hydrogen-bond donors (Lipinski definition) is 1. The molecule has 0 amide bonds. The van der Waals surface area contributed by atoms with Crippen molar-refractivity contribution in [2.75, 3.05) is 19.7 Å². The van der Waals surface area contributed by atoms with Gasteiger partial charge in [-0.15, -0.1) is 0 Å². The fourth-order valence-electron chi connectivity index (χ4n) is 3.30. The summed E-state index contributed by atoms with van der Waals surface area (Å²) in [5.74, 6) is 1.62. The first-order chi connectivity index (χ1) is 12.1. The number of rotatable bonds is 3. The Morgan fingerprint density at radius 2 is 2.16 bits per heavy atom. The van der Waals surface area contributed by atoms with Crippen LogP contribution >= 0.6 is 0 Å². The molecular formula is C18H21N5O2. The molecule has 0 aliphatic carbocycles. The number of hydrogen-bond acceptors (Lipinski definition) is 5. The molecule has 0 radical (unpaired) electrons. The normalized spacial score (nSPS) is 18.7. The molecule has 7 nitrogen and oxygen atoms in total. The van der Waals surface area contributed by atoms with E-state index in [9.17, 15) is 4.79 Å². The summed E-state index contributed by atoms with van der Waals surface area (Å²) in [7, 11) is 2.04. The number of aryl methyl sites for hydroxylation is 2. The van der Waals surface area contributed by atoms with Crippen LogP contribution in [0.3, 0.4) is 0 Å². The molecule has 0 saturated carbocycles. The van der Waals surface area contributed by atoms with Gasteiger partial charge in [0.25, 0.3) is 5.56 Å². The van der Waals surface area contributed by atoms with Crippen molar-refractivity contribution in [2.45, 2.75) is 19.6 Å². The second-order valence-electron chi connectivity index (χ2n) is 6.44. The predicted octanol–water partition coefficient (Wildman–Crippen LogP) is 1.54. The molecule has 1 N–H and O–H groups in total. The highest BCUT2D eigenvalue weighted by molar-refractivity contribution is 5.75. The number of fused-ring (bicyclic) bond motifs is 1. The van der Waals surface area contributed by atoms with Crippen LogP contribution in [-0.4, -0.2) is 44.1 Å². The summed E-state index contributed by atoms with van der Waals surface area (Å²) in [4.78, 5) is 25.9. The van der Waals surface area contributed by atoms with E-state index in [1.54, 1.807) is 0 Å². The third kappa shape index (κ3) is 3.20. The predicted molar refractivity (Wildman–Crippen MR) is 94.3 cm³/mol. The van der Waals surface area contributed by atoms with Crippen molar-refractivity contribution in [1.29, 1.82) is 0 Å². The highest BCUT2D eigenvalue weighted by atomic mass is 16.5. The molecule has 1 aliphatic rings. The van der Waals surface area contributed by atoms with Crippen LogP contribution in [0, 0.1) is 6.92 Å². The summed E-state index contributed by atoms with van der Waals surface area (Å²) in [6, 6.07) is 9.63. The van der Waals surface area contributed by atoms with Crippen LogP contribution in [0.25, 0.3) is 11.0 Å². The summed E-state index contributed by atoms with van der Waals surface area (Å²) < 4.78 is 7.96. The van der Waals surface area contributed by atoms with E-state index in [2.05, 4.69) is 25.5 Å². The zero-order chi connectivity index (χ0) is 17.4. The van der Waals surface area contributed by atoms with Crippen LogP contribution in [0.15, 0.2) is 35.1 Å². The first-order valence-electron chi connectivity index (χ1n) is 8.42. The van der Waals surface area contributed by atoms with E-state index in [0.717, 1.165) is 29.9 Å². The van der Waals surface area contributed by atoms with Crippen molar-refractivity contribution >= 4 is 11.0 Å². The number of aromatic amines is 1. The standard InChI is InChI=1S/C18H21N5O2/c1-12-9-17(24)21-18(19-12)15-10-23(7-8-25-15)11-16-20-13-5-3-4-6-14(13)22(16)2/h3-6,9,15H,7-8,10-11H2,1-2H3,(H,19,21,24)/t15-/m0/s1. The summed E-state index contributed by atoms with van der Waals surface area (Å²) in [6.45, 7) is 4.66. The molecule has 0 spiro atoms. The molecule has 2 aromatic heterocycles. The monoisotopic (exact) mass is 339 g/mol. The molecule has 0 bridgehead atoms. The average Bonchev–Trinajstić information content (AvgIpc) is 2.91. The van der Waals surface area contributed by atoms with Gasteiger partial charge in [-0.3, -0.25) is 9.69 Å². The lowest BCUT2D eigenvalue weighted by Gasteiger charge is -2.32. The van der Waals surface area contributed by atoms with Crippen LogP contribution in [-0.2, 0) is 18.3 Å². The fraction of sp³-hybridized carbons (Fsp3) is 0.389. The molecule has 3 aromatic rings. The Labute approximate surface area is 145 Å². The molecule has 1 saturated heterocycles. The van der Waals surface area contributed by atoms with Gasteiger partial charge < -0.3 is 14.3 Å². The fourth-order valence-corrected chi connectivity index (χ4v) is 3.30. The van der Waals surface area contributed by atoms with Crippen LogP contribution in [0.5, 0.6) is 0 Å². The van der Waals surface area contributed by atoms with E-state index in [-0.39, 0.29) is 11.7 Å². The first kappa shape index (κ1) is 16.0. The molecule has 3 heterocycles. The maximum Gasteiger partial charge on any atom is 0.251 e. The number of nitrogens with one attached hydrogen (secondary N) is 1. The molecule has 1 aliphatic heterocycles. The van der Waals surface area contributed by atoms with Gasteiger partial charge in [0.1, 0.15) is 17.8 Å². The third-order valence-corrected chi connectivity index (χ3v) is 4.59. The molecule has 0 unspecified atom stereocenters. The van der Waals surface area contributed by atoms with Crippen molar-refractivity contribution in [3.8, 4) is 0 Å². The van der Waals surface area contributed by atoms with Gasteiger partial charge in [-0.2, -0.15) is 0 Å². The Morgan fingerprint density at radius 3 is 2.96 bits per heavy atom. The van der Waals surface area contributed by atoms with Gasteiger partial charge in [0, 0.05) is 31.9 Å². The molecule has 25 heavy (non-hydrogen) atoms. The number of imidazole rings is 1. The van der Waals surface area contributed by atoms with Gasteiger partial charge in [0.05, 0.1) is 24.2 Å². The Balaban J connectivity index is 1.54. The number of ether oxygens (including phenoxy) is 1. The minimum Gasteiger partial charge on any atom is -0.368 e. The molecule has 1 fully saturated rings. The maximum absolute atomic E-state index is 11.7. The third-order valence-electron chi connectivity index (χ3n) is 4.59. The highest BCUT2D eigenvalue weighted by Crippen LogP contribution is 2.21. The Kier molecular flexibility index (Phi) is 4.10. The lowest BCUT2D eigenvalue weighted by molar-refractivity contribution is -0.0383. The topological polar surface area (TPSA) is 76.0 Å². The van der Waals surface area contributed by atoms with Crippen LogP contribution in [0.2, 0.25) is 0 Å². The molecule has 1 aromatic carbocycles. The number of morpholine rings is 1. The summed E-state index contributed by atoms with van der Waals surface area (Å²) in [6.07, 6.45) is -0.226. The highest BCUT2D eigenvalue weighted by Gasteiger charge is 2.25. The van der Waals surface area contributed by atoms with Crippen molar-refractivity contribution in [2.24, 2.45) is 7.05 Å². The van der Waals surface area contributed by atoms with E-state index in [1.165, 1.54) is 6.07 Å². The Bertz CT molecular complexity index is 961. The number of para-hydroxylation sites is 2. The number of H-pyrrole nitrogens is 1. The molecule has 4 rings (SSSR count). The SMILES string of the molecule is Cc1cc(=O)[nH]c([C@@H]2CN(Cc3nc4ccccc4n3C)CCO2)n1. The summed E-state index contributed by atoms with van der Waals surface area (Å²) in [5, 5.41) is 0. The van der Waals surface area contributed by atoms with Gasteiger partial charge in [-0.05, 0) is 19.1 Å². The molecular weight excluding hydrogens is 318 g/mol. The first-order valence-corrected chi connectivity index (χ1v) is 8.42. The van der Waals surface area contributed by atoms with Crippen LogP contribution < -0.4 is 5.56 Å².